The molecule has 0 heterocycles. The zero-order valence-electron chi connectivity index (χ0n) is 8.90. The van der Waals surface area contributed by atoms with Crippen molar-refractivity contribution in [2.75, 3.05) is 0 Å². The van der Waals surface area contributed by atoms with Crippen LogP contribution < -0.4 is 0 Å². The molecule has 0 N–H and O–H groups in total. The highest BCUT2D eigenvalue weighted by Crippen LogP contribution is 2.94. The van der Waals surface area contributed by atoms with E-state index in [9.17, 15) is 0 Å². The summed E-state index contributed by atoms with van der Waals surface area (Å²) in [6, 6.07) is 0. The third-order valence-corrected chi connectivity index (χ3v) is 6.55. The molecule has 0 aromatic carbocycles. The van der Waals surface area contributed by atoms with Crippen molar-refractivity contribution in [3.63, 3.8) is 0 Å². The van der Waals surface area contributed by atoms with Crippen LogP contribution in [-0.2, 0) is 0 Å². The molecule has 4 aliphatic rings. The summed E-state index contributed by atoms with van der Waals surface area (Å²) in [4.78, 5) is 0. The molecule has 13 heavy (non-hydrogen) atoms. The van der Waals surface area contributed by atoms with Crippen molar-refractivity contribution in [1.82, 2.24) is 0 Å². The van der Waals surface area contributed by atoms with Crippen molar-refractivity contribution in [2.24, 2.45) is 28.1 Å². The lowest BCUT2D eigenvalue weighted by molar-refractivity contribution is -0.146. The normalized spacial score (nSPS) is 57.7. The van der Waals surface area contributed by atoms with Gasteiger partial charge in [-0.3, -0.25) is 0 Å². The minimum absolute atomic E-state index is 0.808. The van der Waals surface area contributed by atoms with E-state index in [2.05, 4.69) is 13.8 Å². The van der Waals surface area contributed by atoms with E-state index in [4.69, 9.17) is 0 Å². The van der Waals surface area contributed by atoms with Crippen LogP contribution in [0, 0.1) is 28.1 Å². The van der Waals surface area contributed by atoms with Gasteiger partial charge in [-0.15, -0.1) is 0 Å². The van der Waals surface area contributed by atoms with Crippen LogP contribution in [0.1, 0.15) is 52.4 Å². The highest BCUT2D eigenvalue weighted by Gasteiger charge is 2.86. The van der Waals surface area contributed by atoms with Crippen LogP contribution in [0.3, 0.4) is 0 Å². The van der Waals surface area contributed by atoms with E-state index in [0.717, 1.165) is 28.1 Å². The maximum absolute atomic E-state index is 2.62. The third kappa shape index (κ3) is 0.480. The van der Waals surface area contributed by atoms with Crippen molar-refractivity contribution in [2.45, 2.75) is 52.4 Å². The van der Waals surface area contributed by atoms with E-state index in [1.165, 1.54) is 6.42 Å². The highest BCUT2D eigenvalue weighted by molar-refractivity contribution is 5.35. The van der Waals surface area contributed by atoms with Gasteiger partial charge < -0.3 is 0 Å². The lowest BCUT2D eigenvalue weighted by Crippen LogP contribution is -2.57. The average molecular weight is 176 g/mol. The van der Waals surface area contributed by atoms with Crippen LogP contribution in [0.2, 0.25) is 0 Å². The first-order chi connectivity index (χ1) is 6.16. The third-order valence-electron chi connectivity index (χ3n) is 6.55. The second-order valence-electron chi connectivity index (χ2n) is 6.65. The minimum Gasteiger partial charge on any atom is -0.0622 e. The van der Waals surface area contributed by atoms with Gasteiger partial charge in [-0.25, -0.2) is 0 Å². The first kappa shape index (κ1) is 7.31. The maximum atomic E-state index is 2.62. The van der Waals surface area contributed by atoms with Crippen LogP contribution in [0.4, 0.5) is 0 Å². The average Bonchev–Trinajstić information content (AvgIpc) is 2.95. The van der Waals surface area contributed by atoms with Gasteiger partial charge >= 0.3 is 0 Å². The molecule has 0 aromatic rings. The molecule has 0 aliphatic heterocycles. The Labute approximate surface area is 81.1 Å². The second-order valence-corrected chi connectivity index (χ2v) is 6.65. The van der Waals surface area contributed by atoms with E-state index in [-0.39, 0.29) is 0 Å². The lowest BCUT2D eigenvalue weighted by atomic mass is 9.42. The van der Waals surface area contributed by atoms with Gasteiger partial charge in [-0.2, -0.15) is 0 Å². The van der Waals surface area contributed by atoms with Crippen LogP contribution in [0.25, 0.3) is 0 Å². The largest absolute Gasteiger partial charge is 0.0622 e. The smallest absolute Gasteiger partial charge is 0.0181 e. The van der Waals surface area contributed by atoms with Crippen molar-refractivity contribution in [3.05, 3.63) is 0 Å². The van der Waals surface area contributed by atoms with Crippen LogP contribution >= 0.6 is 0 Å². The maximum Gasteiger partial charge on any atom is -0.0181 e. The lowest BCUT2D eigenvalue weighted by Gasteiger charge is -2.62. The predicted molar refractivity (Wildman–Crippen MR) is 53.3 cm³/mol. The molecular formula is C13H20. The molecule has 4 aliphatic carbocycles. The van der Waals surface area contributed by atoms with Crippen molar-refractivity contribution >= 4 is 0 Å². The van der Waals surface area contributed by atoms with E-state index in [1.54, 1.807) is 32.1 Å². The topological polar surface area (TPSA) is 0 Å². The molecule has 4 rings (SSSR count). The van der Waals surface area contributed by atoms with E-state index < -0.39 is 0 Å². The van der Waals surface area contributed by atoms with Crippen LogP contribution in [-0.4, -0.2) is 0 Å². The van der Waals surface area contributed by atoms with Gasteiger partial charge in [-0.1, -0.05) is 13.8 Å². The summed E-state index contributed by atoms with van der Waals surface area (Å²) in [6.07, 6.45) is 9.46. The quantitative estimate of drug-likeness (QED) is 0.529. The summed E-state index contributed by atoms with van der Waals surface area (Å²) in [5.74, 6) is 2.20. The van der Waals surface area contributed by atoms with Crippen molar-refractivity contribution < 1.29 is 0 Å². The predicted octanol–water partition coefficient (Wildman–Crippen LogP) is 3.61. The fourth-order valence-electron chi connectivity index (χ4n) is 6.08. The van der Waals surface area contributed by atoms with Crippen molar-refractivity contribution in [3.8, 4) is 0 Å². The Bertz CT molecular complexity index is 282. The zero-order valence-corrected chi connectivity index (χ0v) is 8.90. The van der Waals surface area contributed by atoms with Gasteiger partial charge in [0.1, 0.15) is 0 Å². The molecule has 4 fully saturated rings. The van der Waals surface area contributed by atoms with Crippen LogP contribution in [0.15, 0.2) is 0 Å². The summed E-state index contributed by atoms with van der Waals surface area (Å²) in [7, 11) is 0. The Morgan fingerprint density at radius 3 is 2.23 bits per heavy atom. The highest BCUT2D eigenvalue weighted by atomic mass is 14.9. The molecule has 0 heteroatoms. The number of hydrogen-bond donors (Lipinski definition) is 0. The zero-order chi connectivity index (χ0) is 8.90. The molecule has 3 unspecified atom stereocenters. The first-order valence-electron chi connectivity index (χ1n) is 6.16. The van der Waals surface area contributed by atoms with Crippen LogP contribution in [0.5, 0.6) is 0 Å². The summed E-state index contributed by atoms with van der Waals surface area (Å²) >= 11 is 0. The SMILES string of the molecule is CC1CCC2(C)C1C1(CC1)C21CC1. The van der Waals surface area contributed by atoms with Gasteiger partial charge in [-0.05, 0) is 66.6 Å². The van der Waals surface area contributed by atoms with Gasteiger partial charge in [0.2, 0.25) is 0 Å². The molecule has 0 amide bonds. The fourth-order valence-corrected chi connectivity index (χ4v) is 6.08. The molecule has 72 valence electrons. The number of hydrogen-bond acceptors (Lipinski definition) is 0. The standard InChI is InChI=1S/C13H20/c1-9-3-4-11(2)10(9)12(5-6-12)13(11)7-8-13/h9-10H,3-8H2,1-2H3. The molecule has 0 bridgehead atoms. The van der Waals surface area contributed by atoms with Crippen molar-refractivity contribution in [1.29, 1.82) is 0 Å². The Morgan fingerprint density at radius 2 is 1.69 bits per heavy atom. The summed E-state index contributed by atoms with van der Waals surface area (Å²) in [6.45, 7) is 5.14. The number of fused-ring (bicyclic) bond motifs is 4. The van der Waals surface area contributed by atoms with Gasteiger partial charge in [0.25, 0.3) is 0 Å². The Hall–Kier alpha value is 0. The molecule has 0 saturated heterocycles. The summed E-state index contributed by atoms with van der Waals surface area (Å²) in [5.41, 5.74) is 2.62. The van der Waals surface area contributed by atoms with E-state index in [0.29, 0.717) is 0 Å². The van der Waals surface area contributed by atoms with Gasteiger partial charge in [0.15, 0.2) is 0 Å². The molecule has 2 spiro atoms. The van der Waals surface area contributed by atoms with Gasteiger partial charge in [0.05, 0.1) is 0 Å². The summed E-state index contributed by atoms with van der Waals surface area (Å²) < 4.78 is 0. The monoisotopic (exact) mass is 176 g/mol. The molecule has 0 nitrogen and oxygen atoms in total. The van der Waals surface area contributed by atoms with E-state index in [1.807, 2.05) is 0 Å². The Morgan fingerprint density at radius 1 is 1.00 bits per heavy atom. The fraction of sp³-hybridized carbons (Fsp3) is 1.00. The summed E-state index contributed by atoms with van der Waals surface area (Å²) in [5, 5.41) is 0. The minimum atomic E-state index is 0.808. The molecule has 0 radical (unpaired) electrons. The molecule has 4 saturated carbocycles. The second kappa shape index (κ2) is 1.61. The van der Waals surface area contributed by atoms with Gasteiger partial charge in [0, 0.05) is 0 Å². The molecule has 0 aromatic heterocycles. The first-order valence-corrected chi connectivity index (χ1v) is 6.16. The molecular weight excluding hydrogens is 156 g/mol. The van der Waals surface area contributed by atoms with E-state index >= 15 is 0 Å². The Balaban J connectivity index is 1.84. The Kier molecular flexibility index (Phi) is 0.907. The molecule has 3 atom stereocenters. The number of rotatable bonds is 0.